The van der Waals surface area contributed by atoms with Gasteiger partial charge in [0.15, 0.2) is 0 Å². The van der Waals surface area contributed by atoms with Crippen LogP contribution >= 0.6 is 11.6 Å². The maximum Gasteiger partial charge on any atom is 0.145 e. The summed E-state index contributed by atoms with van der Waals surface area (Å²) in [6, 6.07) is 12.3. The molecule has 0 aliphatic rings. The lowest BCUT2D eigenvalue weighted by molar-refractivity contribution is 0.481. The zero-order chi connectivity index (χ0) is 13.1. The first-order valence-corrected chi connectivity index (χ1v) is 5.71. The van der Waals surface area contributed by atoms with Crippen molar-refractivity contribution in [3.63, 3.8) is 0 Å². The molecule has 0 heterocycles. The summed E-state index contributed by atoms with van der Waals surface area (Å²) in [6.45, 7) is 1.89. The van der Waals surface area contributed by atoms with E-state index in [9.17, 15) is 0 Å². The zero-order valence-electron chi connectivity index (χ0n) is 9.77. The first-order chi connectivity index (χ1) is 8.60. The number of benzene rings is 2. The smallest absolute Gasteiger partial charge is 0.145 e. The Bertz CT molecular complexity index is 632. The van der Waals surface area contributed by atoms with E-state index >= 15 is 0 Å². The van der Waals surface area contributed by atoms with Gasteiger partial charge < -0.3 is 10.5 Å². The van der Waals surface area contributed by atoms with Crippen LogP contribution in [0.3, 0.4) is 0 Å². The van der Waals surface area contributed by atoms with Gasteiger partial charge in [-0.25, -0.2) is 0 Å². The Morgan fingerprint density at radius 1 is 1.22 bits per heavy atom. The molecule has 0 spiro atoms. The molecule has 2 rings (SSSR count). The van der Waals surface area contributed by atoms with Crippen molar-refractivity contribution < 1.29 is 4.74 Å². The average Bonchev–Trinajstić information content (AvgIpc) is 2.36. The fourth-order valence-electron chi connectivity index (χ4n) is 1.53. The third-order valence-corrected chi connectivity index (χ3v) is 2.91. The van der Waals surface area contributed by atoms with Crippen molar-refractivity contribution in [3.8, 4) is 17.6 Å². The normalized spacial score (nSPS) is 9.83. The van der Waals surface area contributed by atoms with Crippen LogP contribution in [-0.4, -0.2) is 0 Å². The highest BCUT2D eigenvalue weighted by Crippen LogP contribution is 2.29. The second-order valence-corrected chi connectivity index (χ2v) is 4.29. The molecular weight excluding hydrogens is 248 g/mol. The van der Waals surface area contributed by atoms with Crippen molar-refractivity contribution in [2.75, 3.05) is 5.73 Å². The molecule has 0 aliphatic heterocycles. The molecule has 0 unspecified atom stereocenters. The zero-order valence-corrected chi connectivity index (χ0v) is 10.5. The van der Waals surface area contributed by atoms with Gasteiger partial charge in [-0.2, -0.15) is 5.26 Å². The van der Waals surface area contributed by atoms with Gasteiger partial charge in [0, 0.05) is 10.7 Å². The van der Waals surface area contributed by atoms with Gasteiger partial charge in [-0.1, -0.05) is 11.6 Å². The van der Waals surface area contributed by atoms with Crippen LogP contribution in [0.25, 0.3) is 0 Å². The number of rotatable bonds is 2. The molecular formula is C14H11ClN2O. The number of anilines is 1. The van der Waals surface area contributed by atoms with Gasteiger partial charge in [0.1, 0.15) is 17.6 Å². The van der Waals surface area contributed by atoms with Gasteiger partial charge in [0.05, 0.1) is 5.56 Å². The highest BCUT2D eigenvalue weighted by atomic mass is 35.5. The van der Waals surface area contributed by atoms with Crippen molar-refractivity contribution in [1.82, 2.24) is 0 Å². The summed E-state index contributed by atoms with van der Waals surface area (Å²) < 4.78 is 5.65. The number of nitrogens with two attached hydrogens (primary N) is 1. The number of hydrogen-bond acceptors (Lipinski definition) is 3. The number of nitrogens with zero attached hydrogens (tertiary/aromatic N) is 1. The molecule has 2 aromatic rings. The molecule has 0 fully saturated rings. The van der Waals surface area contributed by atoms with E-state index in [4.69, 9.17) is 27.3 Å². The summed E-state index contributed by atoms with van der Waals surface area (Å²) in [5.41, 5.74) is 7.47. The molecule has 0 bridgehead atoms. The number of hydrogen-bond donors (Lipinski definition) is 1. The van der Waals surface area contributed by atoms with E-state index in [1.807, 2.05) is 13.0 Å². The van der Waals surface area contributed by atoms with Crippen molar-refractivity contribution in [2.24, 2.45) is 0 Å². The van der Waals surface area contributed by atoms with E-state index in [2.05, 4.69) is 6.07 Å². The molecule has 0 amide bonds. The van der Waals surface area contributed by atoms with Gasteiger partial charge >= 0.3 is 0 Å². The molecule has 0 radical (unpaired) electrons. The second-order valence-electron chi connectivity index (χ2n) is 3.88. The largest absolute Gasteiger partial charge is 0.456 e. The van der Waals surface area contributed by atoms with Crippen LogP contribution in [0.15, 0.2) is 36.4 Å². The van der Waals surface area contributed by atoms with Crippen molar-refractivity contribution in [3.05, 3.63) is 52.5 Å². The first-order valence-electron chi connectivity index (χ1n) is 5.34. The Balaban J connectivity index is 2.34. The monoisotopic (exact) mass is 258 g/mol. The highest BCUT2D eigenvalue weighted by Gasteiger charge is 2.06. The van der Waals surface area contributed by atoms with Crippen molar-refractivity contribution in [1.29, 1.82) is 5.26 Å². The molecule has 3 nitrogen and oxygen atoms in total. The molecule has 0 saturated carbocycles. The average molecular weight is 259 g/mol. The Morgan fingerprint density at radius 3 is 2.67 bits per heavy atom. The van der Waals surface area contributed by atoms with Crippen molar-refractivity contribution >= 4 is 17.3 Å². The standard InChI is InChI=1S/C14H11ClN2O/c1-9-6-12(3-4-13(9)15)18-14-5-2-11(17)7-10(14)8-16/h2-7H,17H2,1H3. The molecule has 18 heavy (non-hydrogen) atoms. The van der Waals surface area contributed by atoms with Gasteiger partial charge in [-0.3, -0.25) is 0 Å². The van der Waals surface area contributed by atoms with Crippen LogP contribution < -0.4 is 10.5 Å². The van der Waals surface area contributed by atoms with E-state index in [1.54, 1.807) is 30.3 Å². The minimum absolute atomic E-state index is 0.405. The molecule has 90 valence electrons. The number of nitrogen functional groups attached to an aromatic ring is 1. The minimum Gasteiger partial charge on any atom is -0.456 e. The van der Waals surface area contributed by atoms with Crippen LogP contribution in [-0.2, 0) is 0 Å². The topological polar surface area (TPSA) is 59.0 Å². The predicted molar refractivity (Wildman–Crippen MR) is 71.8 cm³/mol. The summed E-state index contributed by atoms with van der Waals surface area (Å²) in [5, 5.41) is 9.69. The van der Waals surface area contributed by atoms with Crippen molar-refractivity contribution in [2.45, 2.75) is 6.92 Å². The van der Waals surface area contributed by atoms with Crippen LogP contribution in [0, 0.1) is 18.3 Å². The number of nitriles is 1. The van der Waals surface area contributed by atoms with E-state index in [0.29, 0.717) is 27.8 Å². The summed E-state index contributed by atoms with van der Waals surface area (Å²) in [5.74, 6) is 1.12. The predicted octanol–water partition coefficient (Wildman–Crippen LogP) is 3.89. The maximum atomic E-state index is 9.01. The third-order valence-electron chi connectivity index (χ3n) is 2.48. The number of ether oxygens (including phenoxy) is 1. The Labute approximate surface area is 110 Å². The SMILES string of the molecule is Cc1cc(Oc2ccc(N)cc2C#N)ccc1Cl. The summed E-state index contributed by atoms with van der Waals surface area (Å²) in [4.78, 5) is 0. The summed E-state index contributed by atoms with van der Waals surface area (Å²) in [7, 11) is 0. The number of aryl methyl sites for hydroxylation is 1. The lowest BCUT2D eigenvalue weighted by Gasteiger charge is -2.09. The van der Waals surface area contributed by atoms with Gasteiger partial charge in [0.25, 0.3) is 0 Å². The van der Waals surface area contributed by atoms with Gasteiger partial charge in [0.2, 0.25) is 0 Å². The quantitative estimate of drug-likeness (QED) is 0.831. The highest BCUT2D eigenvalue weighted by molar-refractivity contribution is 6.31. The summed E-state index contributed by atoms with van der Waals surface area (Å²) >= 11 is 5.94. The molecule has 4 heteroatoms. The van der Waals surface area contributed by atoms with E-state index < -0.39 is 0 Å². The molecule has 0 atom stereocenters. The Morgan fingerprint density at radius 2 is 2.00 bits per heavy atom. The second kappa shape index (κ2) is 4.99. The fourth-order valence-corrected chi connectivity index (χ4v) is 1.65. The molecule has 2 N–H and O–H groups in total. The van der Waals surface area contributed by atoms with Gasteiger partial charge in [-0.05, 0) is 48.9 Å². The Kier molecular flexibility index (Phi) is 3.40. The lowest BCUT2D eigenvalue weighted by atomic mass is 10.2. The van der Waals surface area contributed by atoms with Crippen LogP contribution in [0.4, 0.5) is 5.69 Å². The van der Waals surface area contributed by atoms with Crippen LogP contribution in [0.1, 0.15) is 11.1 Å². The molecule has 0 aromatic heterocycles. The molecule has 2 aromatic carbocycles. The third kappa shape index (κ3) is 2.55. The summed E-state index contributed by atoms with van der Waals surface area (Å²) in [6.07, 6.45) is 0. The van der Waals surface area contributed by atoms with E-state index in [-0.39, 0.29) is 0 Å². The maximum absolute atomic E-state index is 9.01. The molecule has 0 aliphatic carbocycles. The Hall–Kier alpha value is -2.18. The fraction of sp³-hybridized carbons (Fsp3) is 0.0714. The first kappa shape index (κ1) is 12.3. The van der Waals surface area contributed by atoms with Crippen LogP contribution in [0.5, 0.6) is 11.5 Å². The minimum atomic E-state index is 0.405. The van der Waals surface area contributed by atoms with E-state index in [1.165, 1.54) is 0 Å². The molecule has 0 saturated heterocycles. The van der Waals surface area contributed by atoms with E-state index in [0.717, 1.165) is 5.56 Å². The van der Waals surface area contributed by atoms with Crippen LogP contribution in [0.2, 0.25) is 5.02 Å². The lowest BCUT2D eigenvalue weighted by Crippen LogP contribution is -1.91. The van der Waals surface area contributed by atoms with Gasteiger partial charge in [-0.15, -0.1) is 0 Å². The number of halogens is 1.